The third-order valence-corrected chi connectivity index (χ3v) is 6.65. The second kappa shape index (κ2) is 9.94. The first-order valence-corrected chi connectivity index (χ1v) is 11.4. The molecule has 1 aromatic heterocycles. The van der Waals surface area contributed by atoms with Gasteiger partial charge < -0.3 is 14.8 Å². The van der Waals surface area contributed by atoms with Gasteiger partial charge in [-0.2, -0.15) is 18.4 Å². The zero-order chi connectivity index (χ0) is 24.5. The molecule has 182 valence electrons. The quantitative estimate of drug-likeness (QED) is 0.612. The van der Waals surface area contributed by atoms with E-state index < -0.39 is 12.1 Å². The topological polar surface area (TPSA) is 83.3 Å². The number of piperidine rings is 1. The number of ether oxygens (including phenoxy) is 2. The molecule has 0 radical (unpaired) electrons. The molecule has 4 rings (SSSR count). The van der Waals surface area contributed by atoms with Crippen LogP contribution in [0.4, 0.5) is 24.7 Å². The summed E-state index contributed by atoms with van der Waals surface area (Å²) in [7, 11) is 0. The fraction of sp³-hybridized carbons (Fsp3) is 0.522. The zero-order valence-electron chi connectivity index (χ0n) is 18.8. The molecule has 34 heavy (non-hydrogen) atoms. The SMILES string of the molecule is Cc1c(Nc2ccc(C#N)cc2Cl)ncnc1OC1CC2COCC(C1)N2CC(C)C(F)(F)F. The molecule has 1 aromatic carbocycles. The van der Waals surface area contributed by atoms with Gasteiger partial charge in [-0.25, -0.2) is 9.97 Å². The summed E-state index contributed by atoms with van der Waals surface area (Å²) in [4.78, 5) is 10.5. The maximum Gasteiger partial charge on any atom is 0.392 e. The molecule has 0 spiro atoms. The molecule has 2 saturated heterocycles. The summed E-state index contributed by atoms with van der Waals surface area (Å²) in [5, 5.41) is 12.5. The van der Waals surface area contributed by atoms with Crippen molar-refractivity contribution in [3.8, 4) is 11.9 Å². The first-order chi connectivity index (χ1) is 16.2. The van der Waals surface area contributed by atoms with Crippen LogP contribution in [-0.2, 0) is 4.74 Å². The van der Waals surface area contributed by atoms with E-state index >= 15 is 0 Å². The van der Waals surface area contributed by atoms with Gasteiger partial charge in [0.1, 0.15) is 18.2 Å². The van der Waals surface area contributed by atoms with Gasteiger partial charge in [0.05, 0.1) is 47.0 Å². The van der Waals surface area contributed by atoms with Crippen molar-refractivity contribution < 1.29 is 22.6 Å². The molecular formula is C23H25ClF3N5O2. The largest absolute Gasteiger partial charge is 0.474 e. The number of rotatable bonds is 6. The van der Waals surface area contributed by atoms with Gasteiger partial charge in [0.2, 0.25) is 5.88 Å². The molecule has 2 aliphatic rings. The Morgan fingerprint density at radius 3 is 2.62 bits per heavy atom. The van der Waals surface area contributed by atoms with Crippen molar-refractivity contribution in [2.45, 2.75) is 51.1 Å². The second-order valence-corrected chi connectivity index (χ2v) is 9.19. The summed E-state index contributed by atoms with van der Waals surface area (Å²) in [6.07, 6.45) is -1.94. The van der Waals surface area contributed by atoms with Gasteiger partial charge >= 0.3 is 6.18 Å². The fourth-order valence-electron chi connectivity index (χ4n) is 4.40. The summed E-state index contributed by atoms with van der Waals surface area (Å²) in [6.45, 7) is 3.76. The molecule has 0 saturated carbocycles. The second-order valence-electron chi connectivity index (χ2n) is 8.78. The van der Waals surface area contributed by atoms with E-state index in [0.29, 0.717) is 59.6 Å². The van der Waals surface area contributed by atoms with E-state index in [1.807, 2.05) is 17.9 Å². The number of morpholine rings is 1. The van der Waals surface area contributed by atoms with Crippen LogP contribution in [0.5, 0.6) is 5.88 Å². The van der Waals surface area contributed by atoms with Crippen LogP contribution in [0.1, 0.15) is 30.9 Å². The van der Waals surface area contributed by atoms with Crippen LogP contribution in [0, 0.1) is 24.2 Å². The normalized spacial score (nSPS) is 23.7. The lowest BCUT2D eigenvalue weighted by Gasteiger charge is -2.49. The van der Waals surface area contributed by atoms with E-state index in [9.17, 15) is 13.2 Å². The number of anilines is 2. The van der Waals surface area contributed by atoms with Crippen LogP contribution in [-0.4, -0.2) is 59.0 Å². The molecule has 0 amide bonds. The standard InChI is InChI=1S/C23H25ClF3N5O2/c1-13(23(25,26)27)9-32-16-6-18(7-17(32)11-33-10-16)34-22-14(2)21(29-12-30-22)31-20-4-3-15(8-28)5-19(20)24/h3-5,12-13,16-18H,6-7,9-11H2,1-2H3,(H,29,30,31). The molecule has 7 nitrogen and oxygen atoms in total. The monoisotopic (exact) mass is 495 g/mol. The first kappa shape index (κ1) is 24.5. The van der Waals surface area contributed by atoms with Crippen LogP contribution >= 0.6 is 11.6 Å². The minimum absolute atomic E-state index is 0.0408. The van der Waals surface area contributed by atoms with Crippen molar-refractivity contribution in [1.82, 2.24) is 14.9 Å². The number of alkyl halides is 3. The van der Waals surface area contributed by atoms with Crippen molar-refractivity contribution >= 4 is 23.1 Å². The lowest BCUT2D eigenvalue weighted by Crippen LogP contribution is -2.60. The van der Waals surface area contributed by atoms with Crippen LogP contribution in [0.3, 0.4) is 0 Å². The number of nitrogens with zero attached hydrogens (tertiary/aromatic N) is 4. The van der Waals surface area contributed by atoms with Gasteiger partial charge in [-0.05, 0) is 25.1 Å². The maximum absolute atomic E-state index is 13.1. The predicted octanol–water partition coefficient (Wildman–Crippen LogP) is 4.86. The number of nitriles is 1. The Hall–Kier alpha value is -2.61. The molecule has 2 aliphatic heterocycles. The Bertz CT molecular complexity index is 1060. The van der Waals surface area contributed by atoms with E-state index in [2.05, 4.69) is 15.3 Å². The Balaban J connectivity index is 1.45. The number of hydrogen-bond acceptors (Lipinski definition) is 7. The molecule has 3 atom stereocenters. The van der Waals surface area contributed by atoms with Gasteiger partial charge in [0.15, 0.2) is 0 Å². The number of nitrogens with one attached hydrogen (secondary N) is 1. The van der Waals surface area contributed by atoms with Crippen molar-refractivity contribution in [2.24, 2.45) is 5.92 Å². The minimum atomic E-state index is -4.22. The molecule has 2 aromatic rings. The highest BCUT2D eigenvalue weighted by molar-refractivity contribution is 6.33. The average Bonchev–Trinajstić information content (AvgIpc) is 2.77. The van der Waals surface area contributed by atoms with Crippen molar-refractivity contribution in [1.29, 1.82) is 5.26 Å². The Morgan fingerprint density at radius 2 is 2.00 bits per heavy atom. The molecule has 3 heterocycles. The predicted molar refractivity (Wildman–Crippen MR) is 120 cm³/mol. The van der Waals surface area contributed by atoms with Crippen LogP contribution < -0.4 is 10.1 Å². The Kier molecular flexibility index (Phi) is 7.17. The summed E-state index contributed by atoms with van der Waals surface area (Å²) in [5.74, 6) is -0.486. The molecule has 3 unspecified atom stereocenters. The smallest absolute Gasteiger partial charge is 0.392 e. The van der Waals surface area contributed by atoms with E-state index in [-0.39, 0.29) is 24.7 Å². The summed E-state index contributed by atoms with van der Waals surface area (Å²) in [5.41, 5.74) is 1.72. The summed E-state index contributed by atoms with van der Waals surface area (Å²) in [6, 6.07) is 6.66. The molecular weight excluding hydrogens is 471 g/mol. The molecule has 0 aliphatic carbocycles. The van der Waals surface area contributed by atoms with E-state index in [0.717, 1.165) is 0 Å². The fourth-order valence-corrected chi connectivity index (χ4v) is 4.63. The maximum atomic E-state index is 13.1. The number of benzene rings is 1. The van der Waals surface area contributed by atoms with E-state index in [4.69, 9.17) is 26.3 Å². The third kappa shape index (κ3) is 5.37. The van der Waals surface area contributed by atoms with Crippen molar-refractivity contribution in [2.75, 3.05) is 25.1 Å². The summed E-state index contributed by atoms with van der Waals surface area (Å²) >= 11 is 6.26. The highest BCUT2D eigenvalue weighted by Crippen LogP contribution is 2.35. The van der Waals surface area contributed by atoms with Gasteiger partial charge in [-0.3, -0.25) is 4.90 Å². The van der Waals surface area contributed by atoms with Crippen LogP contribution in [0.2, 0.25) is 5.02 Å². The summed E-state index contributed by atoms with van der Waals surface area (Å²) < 4.78 is 51.2. The minimum Gasteiger partial charge on any atom is -0.474 e. The molecule has 2 fully saturated rings. The highest BCUT2D eigenvalue weighted by Gasteiger charge is 2.44. The van der Waals surface area contributed by atoms with Crippen LogP contribution in [0.15, 0.2) is 24.5 Å². The zero-order valence-corrected chi connectivity index (χ0v) is 19.5. The van der Waals surface area contributed by atoms with Crippen molar-refractivity contribution in [3.05, 3.63) is 40.7 Å². The van der Waals surface area contributed by atoms with Crippen molar-refractivity contribution in [3.63, 3.8) is 0 Å². The molecule has 2 bridgehead atoms. The van der Waals surface area contributed by atoms with Crippen LogP contribution in [0.25, 0.3) is 0 Å². The molecule has 1 N–H and O–H groups in total. The Labute approximate surface area is 200 Å². The van der Waals surface area contributed by atoms with Gasteiger partial charge in [0, 0.05) is 31.5 Å². The van der Waals surface area contributed by atoms with Gasteiger partial charge in [-0.1, -0.05) is 18.5 Å². The first-order valence-electron chi connectivity index (χ1n) is 11.0. The molecule has 11 heteroatoms. The lowest BCUT2D eigenvalue weighted by molar-refractivity contribution is -0.187. The van der Waals surface area contributed by atoms with E-state index in [1.165, 1.54) is 13.3 Å². The van der Waals surface area contributed by atoms with Gasteiger partial charge in [0.25, 0.3) is 0 Å². The lowest BCUT2D eigenvalue weighted by atomic mass is 9.90. The third-order valence-electron chi connectivity index (χ3n) is 6.34. The van der Waals surface area contributed by atoms with E-state index in [1.54, 1.807) is 18.2 Å². The number of fused-ring (bicyclic) bond motifs is 2. The highest BCUT2D eigenvalue weighted by atomic mass is 35.5. The number of aromatic nitrogens is 2. The van der Waals surface area contributed by atoms with Gasteiger partial charge in [-0.15, -0.1) is 0 Å². The number of halogens is 4. The Morgan fingerprint density at radius 1 is 1.29 bits per heavy atom. The number of hydrogen-bond donors (Lipinski definition) is 1. The average molecular weight is 496 g/mol.